The molecule has 0 bridgehead atoms. The molecule has 0 N–H and O–H groups in total. The quantitative estimate of drug-likeness (QED) is 0.541. The average molecular weight is 474 g/mol. The van der Waals surface area contributed by atoms with Crippen LogP contribution in [0.3, 0.4) is 0 Å². The summed E-state index contributed by atoms with van der Waals surface area (Å²) in [5.74, 6) is 0.362. The van der Waals surface area contributed by atoms with Crippen molar-refractivity contribution < 1.29 is 17.9 Å². The van der Waals surface area contributed by atoms with Crippen molar-refractivity contribution in [3.63, 3.8) is 0 Å². The number of carbonyl (C=O) groups is 1. The van der Waals surface area contributed by atoms with Crippen molar-refractivity contribution in [2.75, 3.05) is 20.2 Å². The van der Waals surface area contributed by atoms with E-state index in [2.05, 4.69) is 11.9 Å². The number of carbonyl (C=O) groups excluding carboxylic acids is 1. The molecule has 3 aromatic rings. The Kier molecular flexibility index (Phi) is 6.78. The fourth-order valence-electron chi connectivity index (χ4n) is 3.88. The van der Waals surface area contributed by atoms with Crippen molar-refractivity contribution in [3.05, 3.63) is 52.8 Å². The van der Waals surface area contributed by atoms with Crippen LogP contribution in [-0.4, -0.2) is 43.4 Å². The lowest BCUT2D eigenvalue weighted by Gasteiger charge is -2.25. The van der Waals surface area contributed by atoms with Crippen LogP contribution in [0.1, 0.15) is 43.0 Å². The third-order valence-electron chi connectivity index (χ3n) is 5.59. The zero-order valence-corrected chi connectivity index (χ0v) is 19.9. The van der Waals surface area contributed by atoms with Gasteiger partial charge in [-0.2, -0.15) is 9.30 Å². The minimum absolute atomic E-state index is 0.214. The first-order valence-corrected chi connectivity index (χ1v) is 13.1. The lowest BCUT2D eigenvalue weighted by Crippen LogP contribution is -2.35. The molecule has 1 aliphatic heterocycles. The van der Waals surface area contributed by atoms with E-state index in [0.717, 1.165) is 48.2 Å². The van der Waals surface area contributed by atoms with Gasteiger partial charge in [-0.1, -0.05) is 24.7 Å². The second kappa shape index (κ2) is 9.56. The van der Waals surface area contributed by atoms with E-state index in [-0.39, 0.29) is 4.90 Å². The van der Waals surface area contributed by atoms with Gasteiger partial charge in [0.15, 0.2) is 4.80 Å². The van der Waals surface area contributed by atoms with Crippen molar-refractivity contribution in [2.24, 2.45) is 4.99 Å². The summed E-state index contributed by atoms with van der Waals surface area (Å²) in [7, 11) is -1.90. The Morgan fingerprint density at radius 3 is 2.47 bits per heavy atom. The third kappa shape index (κ3) is 4.51. The van der Waals surface area contributed by atoms with Crippen molar-refractivity contribution in [2.45, 2.75) is 44.0 Å². The zero-order valence-electron chi connectivity index (χ0n) is 18.3. The maximum atomic E-state index is 12.9. The topological polar surface area (TPSA) is 81.0 Å². The highest BCUT2D eigenvalue weighted by Crippen LogP contribution is 2.24. The molecule has 4 rings (SSSR count). The van der Waals surface area contributed by atoms with Gasteiger partial charge in [0, 0.05) is 25.2 Å². The number of aromatic nitrogens is 1. The van der Waals surface area contributed by atoms with Gasteiger partial charge in [-0.3, -0.25) is 4.79 Å². The van der Waals surface area contributed by atoms with Gasteiger partial charge >= 0.3 is 0 Å². The molecule has 9 heteroatoms. The van der Waals surface area contributed by atoms with Crippen LogP contribution < -0.4 is 9.54 Å². The molecule has 32 heavy (non-hydrogen) atoms. The zero-order chi connectivity index (χ0) is 22.7. The summed E-state index contributed by atoms with van der Waals surface area (Å²) in [6.07, 6.45) is 3.73. The number of methoxy groups -OCH3 is 1. The van der Waals surface area contributed by atoms with E-state index < -0.39 is 15.9 Å². The van der Waals surface area contributed by atoms with Gasteiger partial charge in [0.25, 0.3) is 5.91 Å². The Morgan fingerprint density at radius 1 is 1.09 bits per heavy atom. The second-order valence-corrected chi connectivity index (χ2v) is 10.7. The number of thiazole rings is 1. The van der Waals surface area contributed by atoms with Gasteiger partial charge in [-0.25, -0.2) is 8.42 Å². The van der Waals surface area contributed by atoms with E-state index in [0.29, 0.717) is 23.5 Å². The first-order valence-electron chi connectivity index (χ1n) is 10.8. The standard InChI is InChI=1S/C23H27N3O4S2/c1-3-13-26-20-12-9-18(30-2)16-21(20)31-23(26)24-22(27)17-7-10-19(11-8-17)32(28,29)25-14-5-4-6-15-25/h7-12,16H,3-6,13-15H2,1-2H3. The maximum absolute atomic E-state index is 12.9. The summed E-state index contributed by atoms with van der Waals surface area (Å²) in [4.78, 5) is 18.1. The number of sulfonamides is 1. The predicted molar refractivity (Wildman–Crippen MR) is 126 cm³/mol. The van der Waals surface area contributed by atoms with Gasteiger partial charge in [0.05, 0.1) is 22.2 Å². The summed E-state index contributed by atoms with van der Waals surface area (Å²) in [5, 5.41) is 0. The van der Waals surface area contributed by atoms with Crippen molar-refractivity contribution in [3.8, 4) is 5.75 Å². The molecule has 1 aliphatic rings. The maximum Gasteiger partial charge on any atom is 0.279 e. The van der Waals surface area contributed by atoms with Gasteiger partial charge < -0.3 is 9.30 Å². The second-order valence-electron chi connectivity index (χ2n) is 7.78. The molecule has 0 saturated carbocycles. The average Bonchev–Trinajstić information content (AvgIpc) is 3.16. The fraction of sp³-hybridized carbons (Fsp3) is 0.391. The molecular weight excluding hydrogens is 446 g/mol. The number of hydrogen-bond acceptors (Lipinski definition) is 5. The van der Waals surface area contributed by atoms with E-state index in [1.165, 1.54) is 27.8 Å². The summed E-state index contributed by atoms with van der Waals surface area (Å²) in [6.45, 7) is 3.91. The van der Waals surface area contributed by atoms with E-state index in [9.17, 15) is 13.2 Å². The number of hydrogen-bond donors (Lipinski definition) is 0. The van der Waals surface area contributed by atoms with E-state index >= 15 is 0 Å². The SMILES string of the molecule is CCCn1c(=NC(=O)c2ccc(S(=O)(=O)N3CCCCC3)cc2)sc2cc(OC)ccc21. The highest BCUT2D eigenvalue weighted by Gasteiger charge is 2.26. The summed E-state index contributed by atoms with van der Waals surface area (Å²) >= 11 is 1.44. The van der Waals surface area contributed by atoms with E-state index in [1.807, 2.05) is 22.8 Å². The molecule has 2 heterocycles. The van der Waals surface area contributed by atoms with Crippen LogP contribution in [0.5, 0.6) is 5.75 Å². The lowest BCUT2D eigenvalue weighted by molar-refractivity contribution is 0.0997. The van der Waals surface area contributed by atoms with Gasteiger partial charge in [0.1, 0.15) is 5.75 Å². The molecule has 1 amide bonds. The van der Waals surface area contributed by atoms with Crippen LogP contribution in [0.4, 0.5) is 0 Å². The Bertz CT molecular complexity index is 1290. The third-order valence-corrected chi connectivity index (χ3v) is 8.54. The van der Waals surface area contributed by atoms with Gasteiger partial charge in [-0.05, 0) is 61.7 Å². The molecule has 7 nitrogen and oxygen atoms in total. The van der Waals surface area contributed by atoms with Crippen molar-refractivity contribution in [1.29, 1.82) is 0 Å². The van der Waals surface area contributed by atoms with E-state index in [4.69, 9.17) is 4.74 Å². The molecule has 0 atom stereocenters. The summed E-state index contributed by atoms with van der Waals surface area (Å²) in [6, 6.07) is 11.9. The molecule has 1 aromatic heterocycles. The Balaban J connectivity index is 1.65. The molecule has 1 fully saturated rings. The number of fused-ring (bicyclic) bond motifs is 1. The fourth-order valence-corrected chi connectivity index (χ4v) is 6.48. The molecule has 0 spiro atoms. The van der Waals surface area contributed by atoms with Crippen LogP contribution in [0, 0.1) is 0 Å². The first-order chi connectivity index (χ1) is 15.4. The van der Waals surface area contributed by atoms with Crippen LogP contribution in [0.15, 0.2) is 52.4 Å². The number of piperidine rings is 1. The van der Waals surface area contributed by atoms with Crippen LogP contribution in [0.25, 0.3) is 10.2 Å². The normalized spacial score (nSPS) is 15.9. The molecule has 2 aromatic carbocycles. The number of rotatable bonds is 6. The summed E-state index contributed by atoms with van der Waals surface area (Å²) < 4.78 is 35.5. The van der Waals surface area contributed by atoms with Crippen molar-refractivity contribution >= 4 is 37.5 Å². The minimum atomic E-state index is -3.52. The lowest BCUT2D eigenvalue weighted by atomic mass is 10.2. The number of aryl methyl sites for hydroxylation is 1. The molecule has 0 aliphatic carbocycles. The van der Waals surface area contributed by atoms with Crippen molar-refractivity contribution in [1.82, 2.24) is 8.87 Å². The number of benzene rings is 2. The van der Waals surface area contributed by atoms with Gasteiger partial charge in [-0.15, -0.1) is 0 Å². The van der Waals surface area contributed by atoms with Crippen LogP contribution in [-0.2, 0) is 16.6 Å². The van der Waals surface area contributed by atoms with Crippen LogP contribution >= 0.6 is 11.3 Å². The van der Waals surface area contributed by atoms with E-state index in [1.54, 1.807) is 19.2 Å². The Hall–Kier alpha value is -2.49. The highest BCUT2D eigenvalue weighted by atomic mass is 32.2. The highest BCUT2D eigenvalue weighted by molar-refractivity contribution is 7.89. The van der Waals surface area contributed by atoms with Gasteiger partial charge in [0.2, 0.25) is 10.0 Å². The number of nitrogens with zero attached hydrogens (tertiary/aromatic N) is 3. The largest absolute Gasteiger partial charge is 0.497 e. The molecule has 1 saturated heterocycles. The Morgan fingerprint density at radius 2 is 1.81 bits per heavy atom. The predicted octanol–water partition coefficient (Wildman–Crippen LogP) is 4.04. The smallest absolute Gasteiger partial charge is 0.279 e. The monoisotopic (exact) mass is 473 g/mol. The minimum Gasteiger partial charge on any atom is -0.497 e. The number of amides is 1. The first kappa shape index (κ1) is 22.7. The Labute approximate surface area is 192 Å². The molecule has 0 unspecified atom stereocenters. The number of ether oxygens (including phenoxy) is 1. The molecule has 170 valence electrons. The molecular formula is C23H27N3O4S2. The molecule has 0 radical (unpaired) electrons. The van der Waals surface area contributed by atoms with Crippen LogP contribution in [0.2, 0.25) is 0 Å². The summed E-state index contributed by atoms with van der Waals surface area (Å²) in [5.41, 5.74) is 1.37.